The van der Waals surface area contributed by atoms with Crippen molar-refractivity contribution in [3.8, 4) is 16.9 Å². The van der Waals surface area contributed by atoms with Crippen molar-refractivity contribution < 1.29 is 27.9 Å². The Labute approximate surface area is 180 Å². The molecule has 1 N–H and O–H groups in total. The van der Waals surface area contributed by atoms with Crippen molar-refractivity contribution in [2.45, 2.75) is 6.18 Å². The number of carboxylic acid groups (broad SMARTS) is 1. The van der Waals surface area contributed by atoms with Crippen molar-refractivity contribution in [2.75, 3.05) is 14.1 Å². The molecular weight excluding hydrogens is 427 g/mol. The van der Waals surface area contributed by atoms with Crippen molar-refractivity contribution in [3.63, 3.8) is 0 Å². The summed E-state index contributed by atoms with van der Waals surface area (Å²) in [6.45, 7) is 0. The van der Waals surface area contributed by atoms with E-state index in [1.807, 2.05) is 30.5 Å². The standard InChI is InChI=1S/C19H17N5O.C2HF3O2/c1-22(2)19(25)17-9-11-24(21-17)18-8-7-16-6-5-15(13-23(16)18)14-4-3-10-20-12-14;3-2(4,5)1(6)7/h3-13H,1-2H3;(H,6,7). The summed E-state index contributed by atoms with van der Waals surface area (Å²) in [6.07, 6.45) is 2.37. The first-order valence-corrected chi connectivity index (χ1v) is 9.17. The van der Waals surface area contributed by atoms with Gasteiger partial charge in [0.1, 0.15) is 5.82 Å². The van der Waals surface area contributed by atoms with E-state index in [0.717, 1.165) is 22.5 Å². The van der Waals surface area contributed by atoms with Crippen molar-refractivity contribution in [1.82, 2.24) is 24.1 Å². The summed E-state index contributed by atoms with van der Waals surface area (Å²) in [4.78, 5) is 26.7. The molecule has 0 aliphatic heterocycles. The Kier molecular flexibility index (Phi) is 6.28. The molecule has 0 spiro atoms. The van der Waals surface area contributed by atoms with Crippen LogP contribution in [0.15, 0.2) is 67.3 Å². The van der Waals surface area contributed by atoms with Gasteiger partial charge >= 0.3 is 12.1 Å². The van der Waals surface area contributed by atoms with E-state index in [0.29, 0.717) is 5.69 Å². The molecule has 4 aromatic rings. The molecule has 0 radical (unpaired) electrons. The predicted molar refractivity (Wildman–Crippen MR) is 109 cm³/mol. The zero-order valence-corrected chi connectivity index (χ0v) is 17.0. The molecular formula is C21H18F3N5O3. The smallest absolute Gasteiger partial charge is 0.475 e. The highest BCUT2D eigenvalue weighted by molar-refractivity contribution is 5.91. The molecule has 0 unspecified atom stereocenters. The van der Waals surface area contributed by atoms with Gasteiger partial charge in [0.15, 0.2) is 5.69 Å². The molecule has 0 aliphatic rings. The lowest BCUT2D eigenvalue weighted by molar-refractivity contribution is -0.192. The van der Waals surface area contributed by atoms with E-state index in [4.69, 9.17) is 9.90 Å². The van der Waals surface area contributed by atoms with Gasteiger partial charge in [-0.05, 0) is 35.9 Å². The molecule has 0 fully saturated rings. The number of carbonyl (C=O) groups is 2. The third-order valence-corrected chi connectivity index (χ3v) is 4.32. The van der Waals surface area contributed by atoms with Crippen molar-refractivity contribution in [2.24, 2.45) is 0 Å². The normalized spacial score (nSPS) is 11.0. The van der Waals surface area contributed by atoms with Crippen LogP contribution in [0.4, 0.5) is 13.2 Å². The molecule has 1 amide bonds. The van der Waals surface area contributed by atoms with E-state index in [1.54, 1.807) is 37.2 Å². The van der Waals surface area contributed by atoms with E-state index < -0.39 is 12.1 Å². The minimum atomic E-state index is -5.08. The zero-order chi connectivity index (χ0) is 23.5. The van der Waals surface area contributed by atoms with Gasteiger partial charge in [-0.3, -0.25) is 9.78 Å². The maximum atomic E-state index is 12.1. The van der Waals surface area contributed by atoms with Crippen molar-refractivity contribution >= 4 is 17.4 Å². The van der Waals surface area contributed by atoms with Gasteiger partial charge in [0.05, 0.1) is 0 Å². The fourth-order valence-electron chi connectivity index (χ4n) is 2.77. The second kappa shape index (κ2) is 8.92. The number of hydrogen-bond acceptors (Lipinski definition) is 4. The largest absolute Gasteiger partial charge is 0.490 e. The molecule has 0 atom stereocenters. The second-order valence-corrected chi connectivity index (χ2v) is 6.79. The lowest BCUT2D eigenvalue weighted by Crippen LogP contribution is -2.22. The molecule has 0 bridgehead atoms. The Hall–Kier alpha value is -4.15. The van der Waals surface area contributed by atoms with Gasteiger partial charge in [0, 0.05) is 50.0 Å². The Morgan fingerprint density at radius 2 is 1.72 bits per heavy atom. The Balaban J connectivity index is 0.000000360. The first kappa shape index (κ1) is 22.5. The number of nitrogens with zero attached hydrogens (tertiary/aromatic N) is 5. The van der Waals surface area contributed by atoms with Gasteiger partial charge in [-0.25, -0.2) is 9.48 Å². The number of aromatic nitrogens is 4. The maximum Gasteiger partial charge on any atom is 0.490 e. The van der Waals surface area contributed by atoms with E-state index in [-0.39, 0.29) is 5.91 Å². The minimum Gasteiger partial charge on any atom is -0.475 e. The number of alkyl halides is 3. The Morgan fingerprint density at radius 1 is 1.03 bits per heavy atom. The van der Waals surface area contributed by atoms with Gasteiger partial charge in [-0.2, -0.15) is 18.3 Å². The highest BCUT2D eigenvalue weighted by Crippen LogP contribution is 2.22. The van der Waals surface area contributed by atoms with Crippen LogP contribution >= 0.6 is 0 Å². The van der Waals surface area contributed by atoms with Crippen LogP contribution in [0.5, 0.6) is 0 Å². The van der Waals surface area contributed by atoms with E-state index in [1.165, 1.54) is 4.90 Å². The van der Waals surface area contributed by atoms with Gasteiger partial charge in [0.25, 0.3) is 5.91 Å². The third kappa shape index (κ3) is 4.94. The number of amides is 1. The van der Waals surface area contributed by atoms with Crippen LogP contribution in [0, 0.1) is 0 Å². The molecule has 8 nitrogen and oxygen atoms in total. The number of carboxylic acids is 1. The van der Waals surface area contributed by atoms with E-state index in [9.17, 15) is 18.0 Å². The molecule has 4 heterocycles. The summed E-state index contributed by atoms with van der Waals surface area (Å²) in [5.41, 5.74) is 3.59. The SMILES string of the molecule is CN(C)C(=O)c1ccn(-c2ccc3ccc(-c4cccnc4)cn23)n1.O=C(O)C(F)(F)F. The monoisotopic (exact) mass is 445 g/mol. The molecule has 0 saturated heterocycles. The number of carbonyl (C=O) groups excluding carboxylic acids is 1. The summed E-state index contributed by atoms with van der Waals surface area (Å²) in [5, 5.41) is 11.5. The van der Waals surface area contributed by atoms with Crippen LogP contribution in [0.2, 0.25) is 0 Å². The number of fused-ring (bicyclic) bond motifs is 1. The topological polar surface area (TPSA) is 92.7 Å². The number of aliphatic carboxylic acids is 1. The molecule has 4 aromatic heterocycles. The summed E-state index contributed by atoms with van der Waals surface area (Å²) < 4.78 is 35.5. The number of rotatable bonds is 3. The highest BCUT2D eigenvalue weighted by Gasteiger charge is 2.38. The fraction of sp³-hybridized carbons (Fsp3) is 0.143. The maximum absolute atomic E-state index is 12.1. The van der Waals surface area contributed by atoms with Crippen LogP contribution in [-0.2, 0) is 4.79 Å². The number of hydrogen-bond donors (Lipinski definition) is 1. The second-order valence-electron chi connectivity index (χ2n) is 6.79. The Bertz CT molecular complexity index is 1250. The van der Waals surface area contributed by atoms with Crippen LogP contribution in [0.1, 0.15) is 10.5 Å². The van der Waals surface area contributed by atoms with Crippen LogP contribution in [0.25, 0.3) is 22.5 Å². The lowest BCUT2D eigenvalue weighted by Gasteiger charge is -2.08. The van der Waals surface area contributed by atoms with E-state index >= 15 is 0 Å². The van der Waals surface area contributed by atoms with Gasteiger partial charge < -0.3 is 14.4 Å². The van der Waals surface area contributed by atoms with Crippen molar-refractivity contribution in [1.29, 1.82) is 0 Å². The molecule has 0 aromatic carbocycles. The van der Waals surface area contributed by atoms with Crippen LogP contribution < -0.4 is 0 Å². The first-order valence-electron chi connectivity index (χ1n) is 9.17. The average molecular weight is 445 g/mol. The summed E-state index contributed by atoms with van der Waals surface area (Å²) in [7, 11) is 3.43. The van der Waals surface area contributed by atoms with Crippen molar-refractivity contribution in [3.05, 3.63) is 72.9 Å². The van der Waals surface area contributed by atoms with Crippen LogP contribution in [0.3, 0.4) is 0 Å². The highest BCUT2D eigenvalue weighted by atomic mass is 19.4. The molecule has 166 valence electrons. The minimum absolute atomic E-state index is 0.115. The van der Waals surface area contributed by atoms with Gasteiger partial charge in [-0.1, -0.05) is 12.1 Å². The average Bonchev–Trinajstić information content (AvgIpc) is 3.40. The van der Waals surface area contributed by atoms with Gasteiger partial charge in [0.2, 0.25) is 0 Å². The molecule has 0 saturated carbocycles. The summed E-state index contributed by atoms with van der Waals surface area (Å²) >= 11 is 0. The summed E-state index contributed by atoms with van der Waals surface area (Å²) in [5.74, 6) is -2.00. The molecule has 11 heteroatoms. The lowest BCUT2D eigenvalue weighted by atomic mass is 10.1. The number of pyridine rings is 2. The summed E-state index contributed by atoms with van der Waals surface area (Å²) in [6, 6.07) is 13.8. The fourth-order valence-corrected chi connectivity index (χ4v) is 2.77. The van der Waals surface area contributed by atoms with E-state index in [2.05, 4.69) is 32.8 Å². The molecule has 32 heavy (non-hydrogen) atoms. The van der Waals surface area contributed by atoms with Gasteiger partial charge in [-0.15, -0.1) is 0 Å². The van der Waals surface area contributed by atoms with Crippen LogP contribution in [-0.4, -0.2) is 61.3 Å². The first-order chi connectivity index (χ1) is 15.1. The molecule has 0 aliphatic carbocycles. The number of halogens is 3. The zero-order valence-electron chi connectivity index (χ0n) is 17.0. The third-order valence-electron chi connectivity index (χ3n) is 4.32. The molecule has 4 rings (SSSR count). The predicted octanol–water partition coefficient (Wildman–Crippen LogP) is 3.52. The Morgan fingerprint density at radius 3 is 2.31 bits per heavy atom. The quantitative estimate of drug-likeness (QED) is 0.521.